The van der Waals surface area contributed by atoms with Gasteiger partial charge in [-0.3, -0.25) is 10.4 Å². The van der Waals surface area contributed by atoms with Crippen molar-refractivity contribution in [1.29, 1.82) is 0 Å². The second kappa shape index (κ2) is 3.74. The lowest BCUT2D eigenvalue weighted by Gasteiger charge is -2.24. The zero-order chi connectivity index (χ0) is 10.8. The topological polar surface area (TPSA) is 55.8 Å². The van der Waals surface area contributed by atoms with Crippen LogP contribution in [0.2, 0.25) is 0 Å². The maximum Gasteiger partial charge on any atom is 0.216 e. The van der Waals surface area contributed by atoms with Crippen LogP contribution in [0.25, 0.3) is 0 Å². The van der Waals surface area contributed by atoms with Crippen LogP contribution in [0.4, 0.5) is 11.5 Å². The van der Waals surface area contributed by atoms with E-state index in [0.29, 0.717) is 0 Å². The third-order valence-electron chi connectivity index (χ3n) is 2.11. The summed E-state index contributed by atoms with van der Waals surface area (Å²) in [6.07, 6.45) is 1.75. The van der Waals surface area contributed by atoms with Crippen molar-refractivity contribution < 1.29 is 0 Å². The molecule has 2 rings (SSSR count). The molecule has 1 aromatic rings. The minimum absolute atomic E-state index is 0.806. The summed E-state index contributed by atoms with van der Waals surface area (Å²) in [6.45, 7) is 0. The van der Waals surface area contributed by atoms with Gasteiger partial charge in [-0.05, 0) is 12.1 Å². The number of anilines is 2. The first-order valence-electron chi connectivity index (χ1n) is 4.65. The molecule has 1 aromatic heterocycles. The summed E-state index contributed by atoms with van der Waals surface area (Å²) in [5.74, 6) is 1.62. The number of rotatable bonds is 0. The second-order valence-corrected chi connectivity index (χ2v) is 3.36. The van der Waals surface area contributed by atoms with E-state index in [1.54, 1.807) is 13.2 Å². The van der Waals surface area contributed by atoms with Crippen LogP contribution >= 0.6 is 0 Å². The summed E-state index contributed by atoms with van der Waals surface area (Å²) in [4.78, 5) is 10.3. The van der Waals surface area contributed by atoms with E-state index in [9.17, 15) is 0 Å². The number of hydrogen-bond acceptors (Lipinski definition) is 4. The Labute approximate surface area is 88.6 Å². The highest BCUT2D eigenvalue weighted by molar-refractivity contribution is 5.98. The van der Waals surface area contributed by atoms with Crippen LogP contribution in [0, 0.1) is 0 Å². The summed E-state index contributed by atoms with van der Waals surface area (Å²) in [6, 6.07) is 3.87. The molecule has 0 saturated carbocycles. The van der Waals surface area contributed by atoms with E-state index in [1.807, 2.05) is 36.1 Å². The van der Waals surface area contributed by atoms with Gasteiger partial charge in [0, 0.05) is 27.3 Å². The SMILES string of the molecule is C/N=C(\N(C)C)N1NNc2ncccc21. The largest absolute Gasteiger partial charge is 0.348 e. The van der Waals surface area contributed by atoms with E-state index >= 15 is 0 Å². The minimum Gasteiger partial charge on any atom is -0.348 e. The highest BCUT2D eigenvalue weighted by Gasteiger charge is 2.24. The Bertz CT molecular complexity index is 386. The van der Waals surface area contributed by atoms with Gasteiger partial charge >= 0.3 is 0 Å². The van der Waals surface area contributed by atoms with Crippen LogP contribution in [0.1, 0.15) is 0 Å². The van der Waals surface area contributed by atoms with Crippen molar-refractivity contribution in [3.05, 3.63) is 18.3 Å². The van der Waals surface area contributed by atoms with Gasteiger partial charge in [-0.2, -0.15) is 0 Å². The average Bonchev–Trinajstić information content (AvgIpc) is 2.63. The number of aliphatic imine (C=N–C) groups is 1. The molecule has 0 radical (unpaired) electrons. The molecule has 6 heteroatoms. The smallest absolute Gasteiger partial charge is 0.216 e. The number of guanidine groups is 1. The van der Waals surface area contributed by atoms with Gasteiger partial charge in [0.25, 0.3) is 0 Å². The molecule has 1 aliphatic rings. The number of nitrogens with zero attached hydrogens (tertiary/aromatic N) is 4. The Morgan fingerprint density at radius 1 is 1.53 bits per heavy atom. The molecule has 80 valence electrons. The van der Waals surface area contributed by atoms with Crippen molar-refractivity contribution in [1.82, 2.24) is 15.4 Å². The van der Waals surface area contributed by atoms with Gasteiger partial charge in [-0.25, -0.2) is 9.99 Å². The molecule has 0 atom stereocenters. The number of hydrogen-bond donors (Lipinski definition) is 2. The number of fused-ring (bicyclic) bond motifs is 1. The summed E-state index contributed by atoms with van der Waals surface area (Å²) >= 11 is 0. The fraction of sp³-hybridized carbons (Fsp3) is 0.333. The summed E-state index contributed by atoms with van der Waals surface area (Å²) in [7, 11) is 5.64. The first-order valence-corrected chi connectivity index (χ1v) is 4.65. The summed E-state index contributed by atoms with van der Waals surface area (Å²) in [5.41, 5.74) is 6.94. The molecule has 0 bridgehead atoms. The summed E-state index contributed by atoms with van der Waals surface area (Å²) in [5, 5.41) is 1.85. The lowest BCUT2D eigenvalue weighted by Crippen LogP contribution is -2.47. The van der Waals surface area contributed by atoms with Gasteiger partial charge in [0.15, 0.2) is 5.82 Å². The molecule has 0 fully saturated rings. The third-order valence-corrected chi connectivity index (χ3v) is 2.11. The number of aromatic nitrogens is 1. The first kappa shape index (κ1) is 9.72. The molecule has 0 spiro atoms. The number of nitrogens with one attached hydrogen (secondary N) is 2. The molecular formula is C9H14N6. The zero-order valence-corrected chi connectivity index (χ0v) is 9.02. The molecule has 0 unspecified atom stereocenters. The molecule has 15 heavy (non-hydrogen) atoms. The van der Waals surface area contributed by atoms with Crippen molar-refractivity contribution >= 4 is 17.5 Å². The van der Waals surface area contributed by atoms with Gasteiger partial charge in [-0.1, -0.05) is 0 Å². The number of hydrazine groups is 2. The maximum absolute atomic E-state index is 4.21. The van der Waals surface area contributed by atoms with E-state index in [4.69, 9.17) is 0 Å². The highest BCUT2D eigenvalue weighted by atomic mass is 15.8. The van der Waals surface area contributed by atoms with Crippen molar-refractivity contribution in [3.63, 3.8) is 0 Å². The van der Waals surface area contributed by atoms with Crippen LogP contribution in [-0.4, -0.2) is 37.0 Å². The fourth-order valence-electron chi connectivity index (χ4n) is 1.50. The Kier molecular flexibility index (Phi) is 2.42. The Morgan fingerprint density at radius 2 is 2.33 bits per heavy atom. The van der Waals surface area contributed by atoms with E-state index in [-0.39, 0.29) is 0 Å². The molecule has 1 aliphatic heterocycles. The molecule has 0 aliphatic carbocycles. The van der Waals surface area contributed by atoms with Crippen molar-refractivity contribution in [2.75, 3.05) is 31.6 Å². The van der Waals surface area contributed by atoms with Crippen LogP contribution in [0.15, 0.2) is 23.3 Å². The minimum atomic E-state index is 0.806. The highest BCUT2D eigenvalue weighted by Crippen LogP contribution is 2.25. The predicted octanol–water partition coefficient (Wildman–Crippen LogP) is 0.281. The molecule has 2 N–H and O–H groups in total. The van der Waals surface area contributed by atoms with E-state index in [2.05, 4.69) is 20.9 Å². The predicted molar refractivity (Wildman–Crippen MR) is 60.5 cm³/mol. The van der Waals surface area contributed by atoms with Crippen LogP contribution in [0.3, 0.4) is 0 Å². The van der Waals surface area contributed by atoms with Crippen molar-refractivity contribution in [2.24, 2.45) is 4.99 Å². The quantitative estimate of drug-likeness (QED) is 0.472. The normalized spacial score (nSPS) is 14.9. The van der Waals surface area contributed by atoms with Crippen LogP contribution in [0.5, 0.6) is 0 Å². The Balaban J connectivity index is 2.35. The number of pyridine rings is 1. The Hall–Kier alpha value is -1.82. The van der Waals surface area contributed by atoms with E-state index < -0.39 is 0 Å². The molecule has 2 heterocycles. The van der Waals surface area contributed by atoms with Crippen molar-refractivity contribution in [2.45, 2.75) is 0 Å². The molecule has 0 amide bonds. The monoisotopic (exact) mass is 206 g/mol. The van der Waals surface area contributed by atoms with Crippen LogP contribution in [-0.2, 0) is 0 Å². The van der Waals surface area contributed by atoms with E-state index in [1.165, 1.54) is 0 Å². The lowest BCUT2D eigenvalue weighted by atomic mass is 10.4. The summed E-state index contributed by atoms with van der Waals surface area (Å²) < 4.78 is 0. The maximum atomic E-state index is 4.21. The third kappa shape index (κ3) is 1.59. The van der Waals surface area contributed by atoms with E-state index in [0.717, 1.165) is 17.5 Å². The van der Waals surface area contributed by atoms with Gasteiger partial charge in [-0.15, -0.1) is 5.53 Å². The molecular weight excluding hydrogens is 192 g/mol. The standard InChI is InChI=1S/C9H14N6/c1-10-9(14(2)3)15-7-5-4-6-11-8(7)12-13-15/h4-6,13H,1-3H3,(H,11,12)/b10-9+. The van der Waals surface area contributed by atoms with Crippen molar-refractivity contribution in [3.8, 4) is 0 Å². The Morgan fingerprint density at radius 3 is 3.00 bits per heavy atom. The van der Waals surface area contributed by atoms with Gasteiger partial charge in [0.1, 0.15) is 5.69 Å². The average molecular weight is 206 g/mol. The zero-order valence-electron chi connectivity index (χ0n) is 9.02. The van der Waals surface area contributed by atoms with Gasteiger partial charge in [0.2, 0.25) is 5.96 Å². The fourth-order valence-corrected chi connectivity index (χ4v) is 1.50. The first-order chi connectivity index (χ1) is 7.24. The lowest BCUT2D eigenvalue weighted by molar-refractivity contribution is 0.592. The van der Waals surface area contributed by atoms with Gasteiger partial charge in [0.05, 0.1) is 0 Å². The molecule has 0 saturated heterocycles. The van der Waals surface area contributed by atoms with Crippen LogP contribution < -0.4 is 16.0 Å². The van der Waals surface area contributed by atoms with Gasteiger partial charge < -0.3 is 4.90 Å². The molecule has 0 aromatic carbocycles. The molecule has 6 nitrogen and oxygen atoms in total. The second-order valence-electron chi connectivity index (χ2n) is 3.36.